The average molecular weight is 328 g/mol. The van der Waals surface area contributed by atoms with E-state index in [4.69, 9.17) is 16.0 Å². The largest absolute Gasteiger partial charge is 0.440 e. The van der Waals surface area contributed by atoms with E-state index in [9.17, 15) is 13.2 Å². The summed E-state index contributed by atoms with van der Waals surface area (Å²) in [5.41, 5.74) is 0.703. The van der Waals surface area contributed by atoms with Crippen molar-refractivity contribution in [3.05, 3.63) is 59.0 Å². The molecule has 0 bridgehead atoms. The van der Waals surface area contributed by atoms with E-state index in [1.165, 1.54) is 12.1 Å². The molecule has 2 aromatic rings. The van der Waals surface area contributed by atoms with Gasteiger partial charge >= 0.3 is 0 Å². The lowest BCUT2D eigenvalue weighted by molar-refractivity contribution is 0.0912. The molecule has 1 atom stereocenters. The van der Waals surface area contributed by atoms with Crippen LogP contribution in [-0.4, -0.2) is 26.3 Å². The van der Waals surface area contributed by atoms with Gasteiger partial charge in [0, 0.05) is 6.26 Å². The van der Waals surface area contributed by atoms with Crippen molar-refractivity contribution in [2.75, 3.05) is 12.0 Å². The molecule has 0 aliphatic heterocycles. The molecule has 21 heavy (non-hydrogen) atoms. The van der Waals surface area contributed by atoms with Crippen LogP contribution in [0.4, 0.5) is 0 Å². The van der Waals surface area contributed by atoms with Gasteiger partial charge in [-0.15, -0.1) is 0 Å². The first-order chi connectivity index (χ1) is 9.85. The van der Waals surface area contributed by atoms with Crippen LogP contribution in [0.3, 0.4) is 0 Å². The maximum Gasteiger partial charge on any atom is 0.287 e. The third kappa shape index (κ3) is 4.61. The van der Waals surface area contributed by atoms with Crippen LogP contribution in [0.25, 0.3) is 0 Å². The molecule has 0 saturated heterocycles. The average Bonchev–Trinajstić information content (AvgIpc) is 2.84. The lowest BCUT2D eigenvalue weighted by Gasteiger charge is -2.17. The fourth-order valence-electron chi connectivity index (χ4n) is 1.88. The number of benzene rings is 1. The second-order valence-corrected chi connectivity index (χ2v) is 7.19. The lowest BCUT2D eigenvalue weighted by Crippen LogP contribution is -2.32. The second kappa shape index (κ2) is 6.32. The Labute approximate surface area is 127 Å². The number of sulfone groups is 1. The van der Waals surface area contributed by atoms with Gasteiger partial charge in [0.1, 0.15) is 9.84 Å². The third-order valence-corrected chi connectivity index (χ3v) is 3.92. The third-order valence-electron chi connectivity index (χ3n) is 2.77. The molecule has 112 valence electrons. The van der Waals surface area contributed by atoms with Gasteiger partial charge in [0.15, 0.2) is 11.0 Å². The van der Waals surface area contributed by atoms with Gasteiger partial charge in [0.2, 0.25) is 0 Å². The topological polar surface area (TPSA) is 76.4 Å². The summed E-state index contributed by atoms with van der Waals surface area (Å²) in [6.07, 6.45) is 1.12. The van der Waals surface area contributed by atoms with E-state index in [1.54, 1.807) is 24.3 Å². The minimum Gasteiger partial charge on any atom is -0.440 e. The predicted octanol–water partition coefficient (Wildman–Crippen LogP) is 2.45. The molecule has 1 unspecified atom stereocenters. The Hall–Kier alpha value is -1.79. The van der Waals surface area contributed by atoms with Gasteiger partial charge in [-0.25, -0.2) is 8.42 Å². The van der Waals surface area contributed by atoms with Gasteiger partial charge in [-0.05, 0) is 29.3 Å². The molecule has 0 spiro atoms. The first-order valence-corrected chi connectivity index (χ1v) is 8.58. The number of halogens is 1. The van der Waals surface area contributed by atoms with Crippen LogP contribution in [0.15, 0.2) is 46.9 Å². The fourth-order valence-corrected chi connectivity index (χ4v) is 2.90. The van der Waals surface area contributed by atoms with Crippen LogP contribution in [0.1, 0.15) is 22.2 Å². The zero-order chi connectivity index (χ0) is 15.5. The summed E-state index contributed by atoms with van der Waals surface area (Å²) in [6.45, 7) is 0. The summed E-state index contributed by atoms with van der Waals surface area (Å²) < 4.78 is 28.1. The van der Waals surface area contributed by atoms with E-state index >= 15 is 0 Å². The highest BCUT2D eigenvalue weighted by atomic mass is 35.5. The molecule has 1 amide bonds. The molecule has 2 rings (SSSR count). The number of carbonyl (C=O) groups excluding carboxylic acids is 1. The maximum atomic E-state index is 12.1. The summed E-state index contributed by atoms with van der Waals surface area (Å²) in [5.74, 6) is -0.675. The van der Waals surface area contributed by atoms with Gasteiger partial charge < -0.3 is 9.73 Å². The van der Waals surface area contributed by atoms with Crippen molar-refractivity contribution in [1.29, 1.82) is 0 Å². The van der Waals surface area contributed by atoms with Crippen molar-refractivity contribution in [2.24, 2.45) is 0 Å². The highest BCUT2D eigenvalue weighted by Gasteiger charge is 2.21. The van der Waals surface area contributed by atoms with Gasteiger partial charge in [-0.2, -0.15) is 0 Å². The van der Waals surface area contributed by atoms with Crippen LogP contribution >= 0.6 is 11.6 Å². The van der Waals surface area contributed by atoms with Gasteiger partial charge in [-0.3, -0.25) is 4.79 Å². The maximum absolute atomic E-state index is 12.1. The molecular formula is C14H14ClNO4S. The van der Waals surface area contributed by atoms with Crippen molar-refractivity contribution in [3.63, 3.8) is 0 Å². The zero-order valence-corrected chi connectivity index (χ0v) is 12.8. The highest BCUT2D eigenvalue weighted by Crippen LogP contribution is 2.18. The molecule has 0 aliphatic rings. The normalized spacial score (nSPS) is 12.9. The molecule has 1 heterocycles. The summed E-state index contributed by atoms with van der Waals surface area (Å²) in [7, 11) is -3.27. The Morgan fingerprint density at radius 1 is 1.24 bits per heavy atom. The summed E-state index contributed by atoms with van der Waals surface area (Å²) in [5, 5.41) is 2.75. The Kier molecular flexibility index (Phi) is 4.69. The van der Waals surface area contributed by atoms with Gasteiger partial charge in [0.25, 0.3) is 5.91 Å². The Balaban J connectivity index is 2.22. The van der Waals surface area contributed by atoms with Crippen LogP contribution in [-0.2, 0) is 9.84 Å². The van der Waals surface area contributed by atoms with Crippen LogP contribution in [0, 0.1) is 0 Å². The van der Waals surface area contributed by atoms with E-state index in [0.29, 0.717) is 5.56 Å². The first-order valence-electron chi connectivity index (χ1n) is 6.14. The van der Waals surface area contributed by atoms with Crippen molar-refractivity contribution in [2.45, 2.75) is 6.04 Å². The highest BCUT2D eigenvalue weighted by molar-refractivity contribution is 7.90. The molecule has 1 N–H and O–H groups in total. The number of carbonyl (C=O) groups is 1. The smallest absolute Gasteiger partial charge is 0.287 e. The number of hydrogen-bond donors (Lipinski definition) is 1. The van der Waals surface area contributed by atoms with Crippen LogP contribution in [0.2, 0.25) is 5.22 Å². The molecule has 5 nitrogen and oxygen atoms in total. The summed E-state index contributed by atoms with van der Waals surface area (Å²) in [4.78, 5) is 12.1. The Morgan fingerprint density at radius 2 is 1.90 bits per heavy atom. The standard InChI is InChI=1S/C14H14ClNO4S/c1-21(18,19)9-11(10-5-3-2-4-6-10)16-14(17)12-7-8-13(15)20-12/h2-8,11H,9H2,1H3,(H,16,17). The van der Waals surface area contributed by atoms with Crippen molar-refractivity contribution >= 4 is 27.3 Å². The van der Waals surface area contributed by atoms with Gasteiger partial charge in [-0.1, -0.05) is 30.3 Å². The Morgan fingerprint density at radius 3 is 2.43 bits per heavy atom. The monoisotopic (exact) mass is 327 g/mol. The molecule has 7 heteroatoms. The number of amides is 1. The fraction of sp³-hybridized carbons (Fsp3) is 0.214. The molecular weight excluding hydrogens is 314 g/mol. The van der Waals surface area contributed by atoms with E-state index in [-0.39, 0.29) is 16.7 Å². The summed E-state index contributed by atoms with van der Waals surface area (Å²) in [6, 6.07) is 11.1. The number of hydrogen-bond acceptors (Lipinski definition) is 4. The molecule has 0 aliphatic carbocycles. The minimum atomic E-state index is -3.27. The van der Waals surface area contributed by atoms with E-state index in [0.717, 1.165) is 6.26 Å². The Bertz CT molecular complexity index is 724. The van der Waals surface area contributed by atoms with Crippen molar-refractivity contribution in [3.8, 4) is 0 Å². The lowest BCUT2D eigenvalue weighted by atomic mass is 10.1. The van der Waals surface area contributed by atoms with Crippen LogP contribution in [0.5, 0.6) is 0 Å². The zero-order valence-electron chi connectivity index (χ0n) is 11.2. The molecule has 0 saturated carbocycles. The van der Waals surface area contributed by atoms with E-state index in [1.807, 2.05) is 6.07 Å². The number of nitrogens with one attached hydrogen (secondary N) is 1. The first kappa shape index (κ1) is 15.6. The second-order valence-electron chi connectivity index (χ2n) is 4.63. The summed E-state index contributed by atoms with van der Waals surface area (Å²) >= 11 is 5.62. The quantitative estimate of drug-likeness (QED) is 0.915. The van der Waals surface area contributed by atoms with E-state index in [2.05, 4.69) is 5.32 Å². The van der Waals surface area contributed by atoms with Crippen molar-refractivity contribution in [1.82, 2.24) is 5.32 Å². The predicted molar refractivity (Wildman–Crippen MR) is 80.1 cm³/mol. The number of furan rings is 1. The SMILES string of the molecule is CS(=O)(=O)CC(NC(=O)c1ccc(Cl)o1)c1ccccc1. The molecule has 1 aromatic heterocycles. The molecule has 0 fully saturated rings. The molecule has 1 aromatic carbocycles. The van der Waals surface area contributed by atoms with Gasteiger partial charge in [0.05, 0.1) is 11.8 Å². The molecule has 0 radical (unpaired) electrons. The van der Waals surface area contributed by atoms with Crippen LogP contribution < -0.4 is 5.32 Å². The minimum absolute atomic E-state index is 0.0365. The van der Waals surface area contributed by atoms with Crippen molar-refractivity contribution < 1.29 is 17.6 Å². The number of rotatable bonds is 5. The van der Waals surface area contributed by atoms with E-state index < -0.39 is 21.8 Å².